The molecular formula is C17H20N2O6S. The molecule has 0 spiro atoms. The summed E-state index contributed by atoms with van der Waals surface area (Å²) in [6.07, 6.45) is 1.73. The van der Waals surface area contributed by atoms with Gasteiger partial charge in [0.25, 0.3) is 11.8 Å². The highest BCUT2D eigenvalue weighted by atomic mass is 32.2. The van der Waals surface area contributed by atoms with Gasteiger partial charge in [-0.25, -0.2) is 4.79 Å². The summed E-state index contributed by atoms with van der Waals surface area (Å²) >= 11 is 1.26. The maximum atomic E-state index is 12.4. The lowest BCUT2D eigenvalue weighted by Crippen LogP contribution is -2.69. The Morgan fingerprint density at radius 2 is 1.96 bits per heavy atom. The molecule has 2 N–H and O–H groups in total. The molecular weight excluding hydrogens is 360 g/mol. The first-order valence-electron chi connectivity index (χ1n) is 7.72. The van der Waals surface area contributed by atoms with E-state index in [9.17, 15) is 19.5 Å². The number of thioether (sulfide) groups is 1. The third-order valence-corrected chi connectivity index (χ3v) is 4.64. The maximum Gasteiger partial charge on any atom is 0.358 e. The van der Waals surface area contributed by atoms with Gasteiger partial charge in [-0.3, -0.25) is 14.5 Å². The van der Waals surface area contributed by atoms with Crippen molar-refractivity contribution in [1.29, 1.82) is 0 Å². The van der Waals surface area contributed by atoms with Crippen molar-refractivity contribution in [2.45, 2.75) is 18.3 Å². The molecule has 26 heavy (non-hydrogen) atoms. The van der Waals surface area contributed by atoms with E-state index >= 15 is 0 Å². The number of amides is 2. The van der Waals surface area contributed by atoms with Gasteiger partial charge in [0.05, 0.1) is 7.11 Å². The molecule has 1 aromatic carbocycles. The molecule has 0 aromatic heterocycles. The number of aliphatic hydroxyl groups is 1. The first-order chi connectivity index (χ1) is 12.4. The first kappa shape index (κ1) is 19.6. The molecule has 8 nitrogen and oxygen atoms in total. The molecule has 2 unspecified atom stereocenters. The topological polar surface area (TPSA) is 105 Å². The van der Waals surface area contributed by atoms with E-state index in [-0.39, 0.29) is 18.1 Å². The predicted molar refractivity (Wildman–Crippen MR) is 95.4 cm³/mol. The van der Waals surface area contributed by atoms with E-state index in [2.05, 4.69) is 10.1 Å². The minimum Gasteiger partial charge on any atom is -0.510 e. The van der Waals surface area contributed by atoms with Gasteiger partial charge in [-0.05, 0) is 25.3 Å². The van der Waals surface area contributed by atoms with Gasteiger partial charge in [-0.1, -0.05) is 18.2 Å². The second kappa shape index (κ2) is 8.61. The Kier molecular flexibility index (Phi) is 6.51. The van der Waals surface area contributed by atoms with Crippen LogP contribution in [0.1, 0.15) is 6.92 Å². The number of para-hydroxylation sites is 1. The molecule has 1 fully saturated rings. The van der Waals surface area contributed by atoms with Crippen LogP contribution in [-0.2, 0) is 19.1 Å². The van der Waals surface area contributed by atoms with E-state index in [1.165, 1.54) is 18.7 Å². The van der Waals surface area contributed by atoms with Crippen LogP contribution in [0.15, 0.2) is 41.8 Å². The number of carbonyl (C=O) groups excluding carboxylic acids is 3. The molecule has 1 aliphatic heterocycles. The Hall–Kier alpha value is -2.68. The zero-order chi connectivity index (χ0) is 19.3. The minimum absolute atomic E-state index is 0.233. The van der Waals surface area contributed by atoms with E-state index in [0.717, 1.165) is 12.0 Å². The van der Waals surface area contributed by atoms with Crippen LogP contribution in [0.25, 0.3) is 0 Å². The molecule has 2 amide bonds. The summed E-state index contributed by atoms with van der Waals surface area (Å²) in [5.74, 6) is -1.59. The highest BCUT2D eigenvalue weighted by Crippen LogP contribution is 2.33. The van der Waals surface area contributed by atoms with Crippen molar-refractivity contribution >= 4 is 29.5 Å². The van der Waals surface area contributed by atoms with Crippen LogP contribution >= 0.6 is 11.8 Å². The van der Waals surface area contributed by atoms with E-state index in [0.29, 0.717) is 5.75 Å². The molecule has 9 heteroatoms. The molecule has 0 bridgehead atoms. The number of carbonyl (C=O) groups is 3. The lowest BCUT2D eigenvalue weighted by molar-refractivity contribution is -0.152. The number of aliphatic hydroxyl groups excluding tert-OH is 1. The van der Waals surface area contributed by atoms with Crippen LogP contribution in [0.3, 0.4) is 0 Å². The van der Waals surface area contributed by atoms with E-state index in [4.69, 9.17) is 4.74 Å². The summed E-state index contributed by atoms with van der Waals surface area (Å²) in [7, 11) is 1.16. The predicted octanol–water partition coefficient (Wildman–Crippen LogP) is 1.04. The Morgan fingerprint density at radius 1 is 1.31 bits per heavy atom. The average Bonchev–Trinajstić information content (AvgIpc) is 2.64. The van der Waals surface area contributed by atoms with Crippen molar-refractivity contribution < 1.29 is 29.0 Å². The van der Waals surface area contributed by atoms with E-state index in [1.807, 2.05) is 6.07 Å². The number of likely N-dealkylation sites (tertiary alicyclic amines) is 1. The van der Waals surface area contributed by atoms with Gasteiger partial charge >= 0.3 is 5.97 Å². The van der Waals surface area contributed by atoms with Crippen molar-refractivity contribution in [2.24, 2.45) is 0 Å². The molecule has 1 heterocycles. The summed E-state index contributed by atoms with van der Waals surface area (Å²) in [5, 5.41) is 11.8. The Morgan fingerprint density at radius 3 is 2.50 bits per heavy atom. The smallest absolute Gasteiger partial charge is 0.358 e. The van der Waals surface area contributed by atoms with E-state index < -0.39 is 29.2 Å². The normalized spacial score (nSPS) is 20.0. The zero-order valence-corrected chi connectivity index (χ0v) is 15.4. The number of esters is 1. The number of allylic oxidation sites excluding steroid dienone is 1. The highest BCUT2D eigenvalue weighted by Gasteiger charge is 2.51. The van der Waals surface area contributed by atoms with Crippen LogP contribution in [-0.4, -0.2) is 59.2 Å². The largest absolute Gasteiger partial charge is 0.510 e. The fourth-order valence-electron chi connectivity index (χ4n) is 2.47. The fraction of sp³-hybridized carbons (Fsp3) is 0.353. The van der Waals surface area contributed by atoms with Crippen LogP contribution in [0.2, 0.25) is 0 Å². The van der Waals surface area contributed by atoms with Crippen LogP contribution in [0.4, 0.5) is 0 Å². The number of β-lactam (4-membered cyclic amide) rings is 1. The number of benzene rings is 1. The van der Waals surface area contributed by atoms with Gasteiger partial charge in [0.2, 0.25) is 0 Å². The molecule has 0 aliphatic carbocycles. The lowest BCUT2D eigenvalue weighted by atomic mass is 10.1. The SMILES string of the molecule is COC(=O)/C(=C(\C)O)N1C(=O)C(NC(=O)COc2ccccc2)C1SC. The third kappa shape index (κ3) is 4.10. The summed E-state index contributed by atoms with van der Waals surface area (Å²) in [6, 6.07) is 7.99. The second-order valence-corrected chi connectivity index (χ2v) is 6.36. The summed E-state index contributed by atoms with van der Waals surface area (Å²) in [4.78, 5) is 37.4. The summed E-state index contributed by atoms with van der Waals surface area (Å²) < 4.78 is 9.95. The van der Waals surface area contributed by atoms with Crippen LogP contribution < -0.4 is 10.1 Å². The molecule has 2 rings (SSSR count). The number of nitrogens with zero attached hydrogens (tertiary/aromatic N) is 1. The first-order valence-corrected chi connectivity index (χ1v) is 9.00. The Balaban J connectivity index is 2.01. The zero-order valence-electron chi connectivity index (χ0n) is 14.6. The Labute approximate surface area is 155 Å². The molecule has 1 saturated heterocycles. The molecule has 0 saturated carbocycles. The van der Waals surface area contributed by atoms with Gasteiger partial charge in [0.1, 0.15) is 22.9 Å². The second-order valence-electron chi connectivity index (χ2n) is 5.41. The molecule has 140 valence electrons. The Bertz CT molecular complexity index is 717. The van der Waals surface area contributed by atoms with Gasteiger partial charge < -0.3 is 19.9 Å². The van der Waals surface area contributed by atoms with Crippen molar-refractivity contribution in [2.75, 3.05) is 20.0 Å². The lowest BCUT2D eigenvalue weighted by Gasteiger charge is -2.46. The summed E-state index contributed by atoms with van der Waals surface area (Å²) in [6.45, 7) is 1.05. The maximum absolute atomic E-state index is 12.4. The van der Waals surface area contributed by atoms with Gasteiger partial charge in [0.15, 0.2) is 12.3 Å². The van der Waals surface area contributed by atoms with Crippen molar-refractivity contribution in [3.63, 3.8) is 0 Å². The van der Waals surface area contributed by atoms with Crippen LogP contribution in [0, 0.1) is 0 Å². The average molecular weight is 380 g/mol. The number of methoxy groups -OCH3 is 1. The minimum atomic E-state index is -0.824. The fourth-order valence-corrected chi connectivity index (χ4v) is 3.35. The summed E-state index contributed by atoms with van der Waals surface area (Å²) in [5.41, 5.74) is -0.233. The van der Waals surface area contributed by atoms with Gasteiger partial charge in [-0.15, -0.1) is 11.8 Å². The van der Waals surface area contributed by atoms with Gasteiger partial charge in [-0.2, -0.15) is 0 Å². The van der Waals surface area contributed by atoms with Crippen molar-refractivity contribution in [3.8, 4) is 5.75 Å². The number of rotatable bonds is 7. The highest BCUT2D eigenvalue weighted by molar-refractivity contribution is 7.99. The molecule has 1 aromatic rings. The van der Waals surface area contributed by atoms with Crippen LogP contribution in [0.5, 0.6) is 5.75 Å². The van der Waals surface area contributed by atoms with E-state index in [1.54, 1.807) is 30.5 Å². The molecule has 0 radical (unpaired) electrons. The van der Waals surface area contributed by atoms with Crippen molar-refractivity contribution in [3.05, 3.63) is 41.8 Å². The van der Waals surface area contributed by atoms with Crippen molar-refractivity contribution in [1.82, 2.24) is 10.2 Å². The quantitative estimate of drug-likeness (QED) is 0.315. The number of ether oxygens (including phenoxy) is 2. The number of hydrogen-bond acceptors (Lipinski definition) is 7. The standard InChI is InChI=1S/C17H20N2O6S/c1-10(20)14(17(23)24-2)19-15(22)13(16(19)26-3)18-12(21)9-25-11-7-5-4-6-8-11/h4-8,13,16,20H,9H2,1-3H3,(H,18,21)/b14-10-. The molecule has 1 aliphatic rings. The van der Waals surface area contributed by atoms with Gasteiger partial charge in [0, 0.05) is 0 Å². The molecule has 2 atom stereocenters. The third-order valence-electron chi connectivity index (χ3n) is 3.68. The monoisotopic (exact) mass is 380 g/mol. The number of hydrogen-bond donors (Lipinski definition) is 2. The number of nitrogens with one attached hydrogen (secondary N) is 1.